The molecule has 0 saturated heterocycles. The van der Waals surface area contributed by atoms with Crippen LogP contribution in [-0.4, -0.2) is 45.6 Å². The maximum atomic E-state index is 4.22. The lowest BCUT2D eigenvalue weighted by atomic mass is 10.3. The fraction of sp³-hybridized carbons (Fsp3) is 0.857. The number of rotatable bonds is 9. The number of nitrogens with one attached hydrogen (secondary N) is 1. The Morgan fingerprint density at radius 2 is 2.21 bits per heavy atom. The largest absolute Gasteiger partial charge is 0.311 e. The van der Waals surface area contributed by atoms with Crippen LogP contribution in [0.2, 0.25) is 0 Å². The second-order valence-electron chi connectivity index (χ2n) is 5.92. The predicted molar refractivity (Wildman–Crippen MR) is 74.7 cm³/mol. The van der Waals surface area contributed by atoms with Crippen LogP contribution in [0.25, 0.3) is 0 Å². The molecular formula is C14H25N5. The Labute approximate surface area is 115 Å². The van der Waals surface area contributed by atoms with Crippen LogP contribution in [0.4, 0.5) is 0 Å². The molecule has 106 valence electrons. The summed E-state index contributed by atoms with van der Waals surface area (Å²) in [7, 11) is 0. The van der Waals surface area contributed by atoms with Crippen LogP contribution in [-0.2, 0) is 13.1 Å². The summed E-state index contributed by atoms with van der Waals surface area (Å²) in [6.45, 7) is 7.32. The first kappa shape index (κ1) is 13.1. The second-order valence-corrected chi connectivity index (χ2v) is 5.92. The summed E-state index contributed by atoms with van der Waals surface area (Å²) in [4.78, 5) is 2.67. The summed E-state index contributed by atoms with van der Waals surface area (Å²) < 4.78 is 1.99. The number of hydrogen-bond donors (Lipinski definition) is 1. The molecule has 0 unspecified atom stereocenters. The lowest BCUT2D eigenvalue weighted by molar-refractivity contribution is 0.238. The number of aromatic nitrogens is 3. The molecule has 0 bridgehead atoms. The van der Waals surface area contributed by atoms with Gasteiger partial charge in [-0.25, -0.2) is 0 Å². The zero-order chi connectivity index (χ0) is 13.1. The molecule has 2 saturated carbocycles. The highest BCUT2D eigenvalue weighted by Gasteiger charge is 2.33. The molecule has 2 aliphatic carbocycles. The van der Waals surface area contributed by atoms with E-state index < -0.39 is 0 Å². The van der Waals surface area contributed by atoms with Crippen molar-refractivity contribution in [1.29, 1.82) is 0 Å². The topological polar surface area (TPSA) is 46.0 Å². The molecule has 1 aromatic rings. The third kappa shape index (κ3) is 4.01. The third-order valence-corrected chi connectivity index (χ3v) is 4.01. The molecular weight excluding hydrogens is 238 g/mol. The molecule has 2 aliphatic rings. The zero-order valence-corrected chi connectivity index (χ0v) is 11.9. The van der Waals surface area contributed by atoms with Crippen LogP contribution in [0.5, 0.6) is 0 Å². The molecule has 0 atom stereocenters. The van der Waals surface area contributed by atoms with Crippen LogP contribution in [0.15, 0.2) is 6.20 Å². The van der Waals surface area contributed by atoms with Gasteiger partial charge in [0.2, 0.25) is 0 Å². The van der Waals surface area contributed by atoms with Gasteiger partial charge in [0.1, 0.15) is 0 Å². The van der Waals surface area contributed by atoms with Crippen molar-refractivity contribution in [2.45, 2.75) is 51.7 Å². The fourth-order valence-electron chi connectivity index (χ4n) is 2.51. The Morgan fingerprint density at radius 3 is 2.89 bits per heavy atom. The molecule has 0 amide bonds. The van der Waals surface area contributed by atoms with Crippen molar-refractivity contribution < 1.29 is 0 Å². The second kappa shape index (κ2) is 6.01. The molecule has 19 heavy (non-hydrogen) atoms. The third-order valence-electron chi connectivity index (χ3n) is 4.01. The van der Waals surface area contributed by atoms with E-state index in [1.165, 1.54) is 32.2 Å². The summed E-state index contributed by atoms with van der Waals surface area (Å²) >= 11 is 0. The molecule has 1 N–H and O–H groups in total. The molecule has 5 nitrogen and oxygen atoms in total. The molecule has 1 heterocycles. The van der Waals surface area contributed by atoms with Crippen molar-refractivity contribution >= 4 is 0 Å². The molecule has 0 aromatic carbocycles. The van der Waals surface area contributed by atoms with Gasteiger partial charge in [-0.05, 0) is 38.1 Å². The van der Waals surface area contributed by atoms with Gasteiger partial charge in [-0.3, -0.25) is 9.58 Å². The van der Waals surface area contributed by atoms with Gasteiger partial charge in [0.05, 0.1) is 12.2 Å². The first-order valence-corrected chi connectivity index (χ1v) is 7.69. The van der Waals surface area contributed by atoms with E-state index in [2.05, 4.69) is 33.6 Å². The highest BCUT2D eigenvalue weighted by molar-refractivity contribution is 4.92. The molecule has 1 aromatic heterocycles. The van der Waals surface area contributed by atoms with E-state index >= 15 is 0 Å². The SMILES string of the molecule is CCNCc1cn(CCN(CC2CC2)C2CC2)nn1. The molecule has 5 heteroatoms. The van der Waals surface area contributed by atoms with E-state index in [0.717, 1.165) is 43.8 Å². The smallest absolute Gasteiger partial charge is 0.0964 e. The van der Waals surface area contributed by atoms with E-state index in [1.807, 2.05) is 4.68 Å². The average Bonchev–Trinajstić information content (AvgIpc) is 3.32. The Balaban J connectivity index is 1.45. The van der Waals surface area contributed by atoms with Gasteiger partial charge >= 0.3 is 0 Å². The summed E-state index contributed by atoms with van der Waals surface area (Å²) in [5, 5.41) is 11.7. The van der Waals surface area contributed by atoms with Gasteiger partial charge in [-0.15, -0.1) is 5.10 Å². The first-order valence-electron chi connectivity index (χ1n) is 7.69. The maximum Gasteiger partial charge on any atom is 0.0964 e. The summed E-state index contributed by atoms with van der Waals surface area (Å²) in [5.41, 5.74) is 1.04. The van der Waals surface area contributed by atoms with Crippen molar-refractivity contribution in [2.75, 3.05) is 19.6 Å². The summed E-state index contributed by atoms with van der Waals surface area (Å²) in [6.07, 6.45) is 7.76. The first-order chi connectivity index (χ1) is 9.35. The normalized spacial score (nSPS) is 19.3. The molecule has 0 spiro atoms. The Kier molecular flexibility index (Phi) is 4.13. The van der Waals surface area contributed by atoms with Gasteiger partial charge in [0, 0.05) is 31.9 Å². The molecule has 0 radical (unpaired) electrons. The van der Waals surface area contributed by atoms with Crippen LogP contribution >= 0.6 is 0 Å². The standard InChI is InChI=1S/C14H25N5/c1-2-15-9-13-11-19(17-16-13)8-7-18(14-5-6-14)10-12-3-4-12/h11-12,14-15H,2-10H2,1H3. The highest BCUT2D eigenvalue weighted by Crippen LogP contribution is 2.34. The van der Waals surface area contributed by atoms with Crippen molar-refractivity contribution in [3.05, 3.63) is 11.9 Å². The van der Waals surface area contributed by atoms with E-state index in [0.29, 0.717) is 0 Å². The zero-order valence-electron chi connectivity index (χ0n) is 11.9. The van der Waals surface area contributed by atoms with Gasteiger partial charge in [0.15, 0.2) is 0 Å². The van der Waals surface area contributed by atoms with Crippen LogP contribution < -0.4 is 5.32 Å². The van der Waals surface area contributed by atoms with E-state index in [4.69, 9.17) is 0 Å². The van der Waals surface area contributed by atoms with Crippen LogP contribution in [0, 0.1) is 5.92 Å². The van der Waals surface area contributed by atoms with Crippen molar-refractivity contribution in [1.82, 2.24) is 25.2 Å². The molecule has 2 fully saturated rings. The van der Waals surface area contributed by atoms with Crippen molar-refractivity contribution in [2.24, 2.45) is 5.92 Å². The minimum Gasteiger partial charge on any atom is -0.311 e. The monoisotopic (exact) mass is 263 g/mol. The summed E-state index contributed by atoms with van der Waals surface area (Å²) in [6, 6.07) is 0.866. The lowest BCUT2D eigenvalue weighted by Crippen LogP contribution is -2.31. The molecule has 0 aliphatic heterocycles. The predicted octanol–water partition coefficient (Wildman–Crippen LogP) is 1.26. The van der Waals surface area contributed by atoms with Crippen LogP contribution in [0.1, 0.15) is 38.3 Å². The van der Waals surface area contributed by atoms with E-state index in [9.17, 15) is 0 Å². The minimum absolute atomic E-state index is 0.824. The average molecular weight is 263 g/mol. The minimum atomic E-state index is 0.824. The van der Waals surface area contributed by atoms with Crippen molar-refractivity contribution in [3.8, 4) is 0 Å². The fourth-order valence-corrected chi connectivity index (χ4v) is 2.51. The quantitative estimate of drug-likeness (QED) is 0.728. The maximum absolute atomic E-state index is 4.22. The Morgan fingerprint density at radius 1 is 1.37 bits per heavy atom. The molecule has 3 rings (SSSR count). The number of nitrogens with zero attached hydrogens (tertiary/aromatic N) is 4. The van der Waals surface area contributed by atoms with Gasteiger partial charge in [-0.2, -0.15) is 0 Å². The van der Waals surface area contributed by atoms with Gasteiger partial charge in [0.25, 0.3) is 0 Å². The van der Waals surface area contributed by atoms with Crippen LogP contribution in [0.3, 0.4) is 0 Å². The Hall–Kier alpha value is -0.940. The summed E-state index contributed by atoms with van der Waals surface area (Å²) in [5.74, 6) is 0.987. The Bertz CT molecular complexity index is 394. The van der Waals surface area contributed by atoms with Gasteiger partial charge in [-0.1, -0.05) is 12.1 Å². The number of hydrogen-bond acceptors (Lipinski definition) is 4. The van der Waals surface area contributed by atoms with E-state index in [-0.39, 0.29) is 0 Å². The van der Waals surface area contributed by atoms with E-state index in [1.54, 1.807) is 0 Å². The highest BCUT2D eigenvalue weighted by atomic mass is 15.4. The lowest BCUT2D eigenvalue weighted by Gasteiger charge is -2.21. The van der Waals surface area contributed by atoms with Crippen molar-refractivity contribution in [3.63, 3.8) is 0 Å². The van der Waals surface area contributed by atoms with Gasteiger partial charge < -0.3 is 5.32 Å².